The Hall–Kier alpha value is -2.31. The lowest BCUT2D eigenvalue weighted by molar-refractivity contribution is -0.151. The number of Topliss-reactive ketones (excluding diaryl/α,β-unsaturated/α-hetero) is 1. The van der Waals surface area contributed by atoms with Crippen molar-refractivity contribution in [3.63, 3.8) is 0 Å². The van der Waals surface area contributed by atoms with Gasteiger partial charge >= 0.3 is 5.97 Å². The third kappa shape index (κ3) is 2.91. The predicted octanol–water partition coefficient (Wildman–Crippen LogP) is 3.69. The highest BCUT2D eigenvalue weighted by Gasteiger charge is 2.69. The predicted molar refractivity (Wildman–Crippen MR) is 125 cm³/mol. The minimum absolute atomic E-state index is 0.00780. The number of hydrogen-bond donors (Lipinski definition) is 3. The molecule has 0 amide bonds. The summed E-state index contributed by atoms with van der Waals surface area (Å²) in [5.74, 6) is -0.978. The summed E-state index contributed by atoms with van der Waals surface area (Å²) in [4.78, 5) is 37.9. The molecule has 7 unspecified atom stereocenters. The van der Waals surface area contributed by atoms with E-state index in [1.807, 2.05) is 6.92 Å². The average Bonchev–Trinajstić information content (AvgIpc) is 3.11. The molecule has 6 heteroatoms. The molecule has 3 N–H and O–H groups in total. The van der Waals surface area contributed by atoms with E-state index in [4.69, 9.17) is 0 Å². The lowest BCUT2D eigenvalue weighted by Gasteiger charge is -2.61. The lowest BCUT2D eigenvalue weighted by atomic mass is 9.43. The summed E-state index contributed by atoms with van der Waals surface area (Å²) in [5.41, 5.74) is -0.367. The van der Waals surface area contributed by atoms with E-state index in [2.05, 4.69) is 6.92 Å². The van der Waals surface area contributed by atoms with Crippen LogP contribution in [-0.2, 0) is 15.0 Å². The molecule has 0 spiro atoms. The highest BCUT2D eigenvalue weighted by atomic mass is 16.4. The maximum Gasteiger partial charge on any atom is 0.335 e. The fraction of sp³-hybridized carbons (Fsp3) is 0.607. The van der Waals surface area contributed by atoms with Crippen molar-refractivity contribution in [3.05, 3.63) is 47.0 Å². The Bertz CT molecular complexity index is 1090. The van der Waals surface area contributed by atoms with Gasteiger partial charge in [-0.3, -0.25) is 9.59 Å². The van der Waals surface area contributed by atoms with Crippen molar-refractivity contribution in [2.45, 2.75) is 70.3 Å². The Morgan fingerprint density at radius 1 is 1.09 bits per heavy atom. The average molecular weight is 467 g/mol. The number of hydrogen-bond acceptors (Lipinski definition) is 5. The third-order valence-corrected chi connectivity index (χ3v) is 10.3. The molecule has 4 aliphatic rings. The maximum absolute atomic E-state index is 13.6. The van der Waals surface area contributed by atoms with E-state index in [9.17, 15) is 29.7 Å². The number of carbonyl (C=O) groups is 3. The Morgan fingerprint density at radius 2 is 1.82 bits per heavy atom. The number of aliphatic hydroxyl groups excluding tert-OH is 2. The van der Waals surface area contributed by atoms with Gasteiger partial charge in [0, 0.05) is 6.42 Å². The van der Waals surface area contributed by atoms with Crippen LogP contribution in [0.1, 0.15) is 74.7 Å². The van der Waals surface area contributed by atoms with Gasteiger partial charge in [-0.15, -0.1) is 0 Å². The fourth-order valence-corrected chi connectivity index (χ4v) is 8.94. The van der Waals surface area contributed by atoms with E-state index in [0.717, 1.165) is 31.3 Å². The largest absolute Gasteiger partial charge is 0.478 e. The molecular formula is C28H34O6. The zero-order valence-electron chi connectivity index (χ0n) is 19.9. The second-order valence-electron chi connectivity index (χ2n) is 11.5. The van der Waals surface area contributed by atoms with E-state index in [-0.39, 0.29) is 40.3 Å². The number of benzene rings is 1. The van der Waals surface area contributed by atoms with Gasteiger partial charge in [0.1, 0.15) is 6.61 Å². The highest BCUT2D eigenvalue weighted by molar-refractivity contribution is 5.98. The maximum atomic E-state index is 13.6. The molecule has 1 aromatic rings. The van der Waals surface area contributed by atoms with Crippen LogP contribution in [0.4, 0.5) is 0 Å². The van der Waals surface area contributed by atoms with Gasteiger partial charge in [0.2, 0.25) is 0 Å². The standard InChI is InChI=1S/C28H34O6/c1-26-11-9-17(30)13-16(26)7-8-18-20-10-12-28(23(32)15-29,27(20,2)14-22(31)24(18)26)21-6-4-3-5-19(21)25(33)34/h3-6,13,18,20,22,24,29,31H,7-12,14-15H2,1-2H3,(H,33,34). The van der Waals surface area contributed by atoms with Crippen LogP contribution in [0.5, 0.6) is 0 Å². The lowest BCUT2D eigenvalue weighted by Crippen LogP contribution is -2.61. The SMILES string of the molecule is CC12CCC(=O)C=C1CCC1C2C(O)CC2(C)C1CCC2(C(=O)CO)c1ccccc1C(=O)O. The molecule has 3 fully saturated rings. The van der Waals surface area contributed by atoms with E-state index in [0.29, 0.717) is 24.8 Å². The number of ketones is 2. The highest BCUT2D eigenvalue weighted by Crippen LogP contribution is 2.70. The van der Waals surface area contributed by atoms with E-state index < -0.39 is 29.5 Å². The van der Waals surface area contributed by atoms with E-state index in [1.165, 1.54) is 6.07 Å². The Kier molecular flexibility index (Phi) is 5.41. The summed E-state index contributed by atoms with van der Waals surface area (Å²) in [6, 6.07) is 6.66. The van der Waals surface area contributed by atoms with E-state index >= 15 is 0 Å². The first-order chi connectivity index (χ1) is 16.1. The Balaban J connectivity index is 1.65. The monoisotopic (exact) mass is 466 g/mol. The zero-order valence-corrected chi connectivity index (χ0v) is 19.9. The zero-order chi connectivity index (χ0) is 24.5. The van der Waals surface area contributed by atoms with Crippen molar-refractivity contribution in [1.29, 1.82) is 0 Å². The van der Waals surface area contributed by atoms with Crippen molar-refractivity contribution >= 4 is 17.5 Å². The molecule has 4 aliphatic carbocycles. The summed E-state index contributed by atoms with van der Waals surface area (Å²) in [6.07, 6.45) is 5.61. The first-order valence-electron chi connectivity index (χ1n) is 12.5. The minimum Gasteiger partial charge on any atom is -0.478 e. The van der Waals surface area contributed by atoms with Crippen molar-refractivity contribution in [2.75, 3.05) is 6.61 Å². The molecule has 7 atom stereocenters. The summed E-state index contributed by atoms with van der Waals surface area (Å²) >= 11 is 0. The van der Waals surface area contributed by atoms with Gasteiger partial charge in [-0.1, -0.05) is 37.6 Å². The van der Waals surface area contributed by atoms with Gasteiger partial charge in [-0.05, 0) is 84.8 Å². The molecule has 5 rings (SSSR count). The van der Waals surface area contributed by atoms with Gasteiger partial charge in [-0.2, -0.15) is 0 Å². The quantitative estimate of drug-likeness (QED) is 0.624. The summed E-state index contributed by atoms with van der Waals surface area (Å²) in [7, 11) is 0. The van der Waals surface area contributed by atoms with Crippen LogP contribution in [0, 0.1) is 28.6 Å². The number of carboxylic acids is 1. The van der Waals surface area contributed by atoms with Crippen molar-refractivity contribution < 1.29 is 29.7 Å². The number of aliphatic hydroxyl groups is 2. The van der Waals surface area contributed by atoms with Crippen molar-refractivity contribution in [3.8, 4) is 0 Å². The van der Waals surface area contributed by atoms with Crippen LogP contribution in [0.2, 0.25) is 0 Å². The van der Waals surface area contributed by atoms with Crippen LogP contribution in [0.25, 0.3) is 0 Å². The Labute approximate surface area is 200 Å². The molecule has 0 saturated heterocycles. The number of fused-ring (bicyclic) bond motifs is 5. The first kappa shape index (κ1) is 23.4. The number of aromatic carboxylic acids is 1. The molecule has 0 aliphatic heterocycles. The van der Waals surface area contributed by atoms with Crippen LogP contribution >= 0.6 is 0 Å². The molecule has 0 bridgehead atoms. The topological polar surface area (TPSA) is 112 Å². The molecule has 182 valence electrons. The summed E-state index contributed by atoms with van der Waals surface area (Å²) in [5, 5.41) is 31.7. The molecule has 1 aromatic carbocycles. The number of carboxylic acid groups (broad SMARTS) is 1. The summed E-state index contributed by atoms with van der Waals surface area (Å²) < 4.78 is 0. The number of carbonyl (C=O) groups excluding carboxylic acids is 2. The second kappa shape index (κ2) is 7.85. The molecule has 6 nitrogen and oxygen atoms in total. The smallest absolute Gasteiger partial charge is 0.335 e. The van der Waals surface area contributed by atoms with Crippen LogP contribution in [0.15, 0.2) is 35.9 Å². The van der Waals surface area contributed by atoms with Gasteiger partial charge < -0.3 is 15.3 Å². The Morgan fingerprint density at radius 3 is 2.53 bits per heavy atom. The fourth-order valence-electron chi connectivity index (χ4n) is 8.94. The van der Waals surface area contributed by atoms with Crippen LogP contribution in [0.3, 0.4) is 0 Å². The van der Waals surface area contributed by atoms with Crippen molar-refractivity contribution in [1.82, 2.24) is 0 Å². The van der Waals surface area contributed by atoms with Gasteiger partial charge in [-0.25, -0.2) is 4.79 Å². The van der Waals surface area contributed by atoms with Gasteiger partial charge in [0.25, 0.3) is 0 Å². The molecule has 34 heavy (non-hydrogen) atoms. The molecule has 0 heterocycles. The molecular weight excluding hydrogens is 432 g/mol. The second-order valence-corrected chi connectivity index (χ2v) is 11.5. The van der Waals surface area contributed by atoms with Crippen LogP contribution in [-0.4, -0.2) is 45.6 Å². The van der Waals surface area contributed by atoms with Gasteiger partial charge in [0.15, 0.2) is 11.6 Å². The normalized spacial score (nSPS) is 41.2. The van der Waals surface area contributed by atoms with Crippen molar-refractivity contribution in [2.24, 2.45) is 28.6 Å². The van der Waals surface area contributed by atoms with Crippen LogP contribution < -0.4 is 0 Å². The van der Waals surface area contributed by atoms with Gasteiger partial charge in [0.05, 0.1) is 17.1 Å². The number of rotatable bonds is 4. The summed E-state index contributed by atoms with van der Waals surface area (Å²) in [6.45, 7) is 3.57. The third-order valence-electron chi connectivity index (χ3n) is 10.3. The molecule has 3 saturated carbocycles. The van der Waals surface area contributed by atoms with E-state index in [1.54, 1.807) is 24.3 Å². The molecule has 0 aromatic heterocycles. The number of allylic oxidation sites excluding steroid dienone is 1. The first-order valence-corrected chi connectivity index (χ1v) is 12.5. The minimum atomic E-state index is -1.16. The molecule has 0 radical (unpaired) electrons.